The summed E-state index contributed by atoms with van der Waals surface area (Å²) in [6, 6.07) is 0.278. The van der Waals surface area contributed by atoms with Crippen molar-refractivity contribution in [1.29, 1.82) is 0 Å². The molecule has 1 aromatic heterocycles. The van der Waals surface area contributed by atoms with Crippen LogP contribution in [0.2, 0.25) is 0 Å². The van der Waals surface area contributed by atoms with Crippen molar-refractivity contribution < 1.29 is 4.79 Å². The molecule has 1 saturated carbocycles. The molecule has 1 unspecified atom stereocenters. The first-order valence-corrected chi connectivity index (χ1v) is 9.90. The third-order valence-electron chi connectivity index (χ3n) is 5.41. The van der Waals surface area contributed by atoms with E-state index >= 15 is 0 Å². The monoisotopic (exact) mass is 360 g/mol. The van der Waals surface area contributed by atoms with Gasteiger partial charge in [-0.1, -0.05) is 19.3 Å². The normalized spacial score (nSPS) is 21.8. The summed E-state index contributed by atoms with van der Waals surface area (Å²) in [6.45, 7) is 5.24. The predicted octanol–water partition coefficient (Wildman–Crippen LogP) is 1.54. The number of carbonyl (C=O) groups is 1. The molecule has 26 heavy (non-hydrogen) atoms. The zero-order valence-electron chi connectivity index (χ0n) is 16.1. The Labute approximate surface area is 156 Å². The lowest BCUT2D eigenvalue weighted by Gasteiger charge is -2.26. The third-order valence-corrected chi connectivity index (χ3v) is 5.41. The van der Waals surface area contributed by atoms with Gasteiger partial charge in [0.1, 0.15) is 0 Å². The number of aromatic nitrogens is 2. The summed E-state index contributed by atoms with van der Waals surface area (Å²) in [7, 11) is 1.79. The number of hydrogen-bond acceptors (Lipinski definition) is 3. The van der Waals surface area contributed by atoms with Gasteiger partial charge in [0.25, 0.3) is 0 Å². The van der Waals surface area contributed by atoms with Crippen molar-refractivity contribution in [2.75, 3.05) is 26.7 Å². The van der Waals surface area contributed by atoms with E-state index in [1.807, 2.05) is 28.9 Å². The molecule has 0 aromatic carbocycles. The van der Waals surface area contributed by atoms with E-state index in [2.05, 4.69) is 20.7 Å². The van der Waals surface area contributed by atoms with E-state index in [9.17, 15) is 4.79 Å². The molecule has 7 heteroatoms. The highest BCUT2D eigenvalue weighted by atomic mass is 16.2. The van der Waals surface area contributed by atoms with Crippen LogP contribution in [0.25, 0.3) is 0 Å². The lowest BCUT2D eigenvalue weighted by molar-refractivity contribution is -0.135. The molecule has 1 aliphatic carbocycles. The predicted molar refractivity (Wildman–Crippen MR) is 103 cm³/mol. The second-order valence-electron chi connectivity index (χ2n) is 7.53. The van der Waals surface area contributed by atoms with Crippen LogP contribution in [-0.2, 0) is 11.3 Å². The largest absolute Gasteiger partial charge is 0.355 e. The average Bonchev–Trinajstić information content (AvgIpc) is 3.30. The van der Waals surface area contributed by atoms with Crippen LogP contribution >= 0.6 is 0 Å². The molecule has 3 rings (SSSR count). The smallest absolute Gasteiger partial charge is 0.225 e. The summed E-state index contributed by atoms with van der Waals surface area (Å²) in [5, 5.41) is 11.1. The Morgan fingerprint density at radius 1 is 1.31 bits per heavy atom. The van der Waals surface area contributed by atoms with Crippen LogP contribution in [-0.4, -0.2) is 59.3 Å². The third kappa shape index (κ3) is 4.99. The molecule has 0 radical (unpaired) electrons. The van der Waals surface area contributed by atoms with Crippen molar-refractivity contribution in [3.63, 3.8) is 0 Å². The van der Waals surface area contributed by atoms with Gasteiger partial charge in [0.05, 0.1) is 12.7 Å². The van der Waals surface area contributed by atoms with Crippen LogP contribution < -0.4 is 10.6 Å². The second kappa shape index (κ2) is 9.05. The highest BCUT2D eigenvalue weighted by Gasteiger charge is 2.31. The first-order chi connectivity index (χ1) is 12.7. The minimum absolute atomic E-state index is 0.262. The number of nitrogens with one attached hydrogen (secondary N) is 2. The molecule has 1 aliphatic heterocycles. The van der Waals surface area contributed by atoms with Crippen molar-refractivity contribution in [1.82, 2.24) is 25.3 Å². The molecule has 0 spiro atoms. The zero-order chi connectivity index (χ0) is 18.4. The SMILES string of the molecule is CN=C(NCCn1cc(C)cn1)NC1CCN(C(=O)C2CCCCC2)C1. The summed E-state index contributed by atoms with van der Waals surface area (Å²) in [5.74, 6) is 1.43. The first kappa shape index (κ1) is 18.7. The Morgan fingerprint density at radius 3 is 2.81 bits per heavy atom. The minimum Gasteiger partial charge on any atom is -0.355 e. The fourth-order valence-corrected chi connectivity index (χ4v) is 3.95. The quantitative estimate of drug-likeness (QED) is 0.617. The van der Waals surface area contributed by atoms with Crippen LogP contribution in [0.4, 0.5) is 0 Å². The Bertz CT molecular complexity index is 619. The standard InChI is InChI=1S/C19H32N6O/c1-15-12-22-25(13-15)11-9-21-19(20-2)23-17-8-10-24(14-17)18(26)16-6-4-3-5-7-16/h12-13,16-17H,3-11,14H2,1-2H3,(H2,20,21,23). The Kier molecular flexibility index (Phi) is 6.52. The second-order valence-corrected chi connectivity index (χ2v) is 7.53. The number of aliphatic imine (C=N–C) groups is 1. The number of hydrogen-bond donors (Lipinski definition) is 2. The summed E-state index contributed by atoms with van der Waals surface area (Å²) in [6.07, 6.45) is 10.7. The number of amides is 1. The van der Waals surface area contributed by atoms with Gasteiger partial charge in [0.2, 0.25) is 5.91 Å². The molecule has 1 amide bonds. The molecule has 2 aliphatic rings. The number of nitrogens with zero attached hydrogens (tertiary/aromatic N) is 4. The average molecular weight is 361 g/mol. The number of rotatable bonds is 5. The van der Waals surface area contributed by atoms with Crippen LogP contribution in [0.15, 0.2) is 17.4 Å². The maximum Gasteiger partial charge on any atom is 0.225 e. The Balaban J connectivity index is 1.40. The van der Waals surface area contributed by atoms with E-state index in [0.29, 0.717) is 5.91 Å². The van der Waals surface area contributed by atoms with Gasteiger partial charge >= 0.3 is 0 Å². The maximum atomic E-state index is 12.7. The summed E-state index contributed by atoms with van der Waals surface area (Å²) in [4.78, 5) is 19.0. The van der Waals surface area contributed by atoms with Crippen molar-refractivity contribution in [3.05, 3.63) is 18.0 Å². The van der Waals surface area contributed by atoms with Gasteiger partial charge in [-0.25, -0.2) is 0 Å². The lowest BCUT2D eigenvalue weighted by atomic mass is 9.88. The molecule has 2 heterocycles. The first-order valence-electron chi connectivity index (χ1n) is 9.90. The molecule has 1 aromatic rings. The van der Waals surface area contributed by atoms with Crippen LogP contribution in [0.5, 0.6) is 0 Å². The number of guanidine groups is 1. The van der Waals surface area contributed by atoms with Crippen LogP contribution in [0.3, 0.4) is 0 Å². The molecule has 2 fully saturated rings. The molecule has 144 valence electrons. The fourth-order valence-electron chi connectivity index (χ4n) is 3.95. The van der Waals surface area contributed by atoms with E-state index < -0.39 is 0 Å². The van der Waals surface area contributed by atoms with Crippen molar-refractivity contribution in [3.8, 4) is 0 Å². The van der Waals surface area contributed by atoms with Crippen LogP contribution in [0.1, 0.15) is 44.1 Å². The Hall–Kier alpha value is -2.05. The van der Waals surface area contributed by atoms with Gasteiger partial charge in [-0.05, 0) is 31.7 Å². The van der Waals surface area contributed by atoms with E-state index in [-0.39, 0.29) is 12.0 Å². The van der Waals surface area contributed by atoms with E-state index in [4.69, 9.17) is 0 Å². The molecule has 7 nitrogen and oxygen atoms in total. The van der Waals surface area contributed by atoms with E-state index in [1.54, 1.807) is 7.05 Å². The lowest BCUT2D eigenvalue weighted by Crippen LogP contribution is -2.46. The number of carbonyl (C=O) groups excluding carboxylic acids is 1. The zero-order valence-corrected chi connectivity index (χ0v) is 16.1. The van der Waals surface area contributed by atoms with Crippen molar-refractivity contribution in [2.24, 2.45) is 10.9 Å². The molecule has 0 bridgehead atoms. The fraction of sp³-hybridized carbons (Fsp3) is 0.737. The van der Waals surface area contributed by atoms with Crippen LogP contribution in [0, 0.1) is 12.8 Å². The minimum atomic E-state index is 0.262. The van der Waals surface area contributed by atoms with Crippen molar-refractivity contribution in [2.45, 2.75) is 58.0 Å². The van der Waals surface area contributed by atoms with Gasteiger partial charge < -0.3 is 15.5 Å². The van der Waals surface area contributed by atoms with E-state index in [1.165, 1.54) is 24.8 Å². The highest BCUT2D eigenvalue weighted by molar-refractivity contribution is 5.81. The van der Waals surface area contributed by atoms with Crippen molar-refractivity contribution >= 4 is 11.9 Å². The summed E-state index contributed by atoms with van der Waals surface area (Å²) in [5.41, 5.74) is 1.17. The van der Waals surface area contributed by atoms with E-state index in [0.717, 1.165) is 51.4 Å². The molecule has 2 N–H and O–H groups in total. The number of likely N-dealkylation sites (tertiary alicyclic amines) is 1. The van der Waals surface area contributed by atoms with Gasteiger partial charge in [0.15, 0.2) is 5.96 Å². The van der Waals surface area contributed by atoms with Gasteiger partial charge in [-0.2, -0.15) is 5.10 Å². The topological polar surface area (TPSA) is 74.6 Å². The molecular weight excluding hydrogens is 328 g/mol. The van der Waals surface area contributed by atoms with Gasteiger partial charge in [-0.3, -0.25) is 14.5 Å². The number of aryl methyl sites for hydroxylation is 1. The van der Waals surface area contributed by atoms with Gasteiger partial charge in [-0.15, -0.1) is 0 Å². The summed E-state index contributed by atoms with van der Waals surface area (Å²) < 4.78 is 1.93. The Morgan fingerprint density at radius 2 is 2.12 bits per heavy atom. The molecular formula is C19H32N6O. The molecule has 1 atom stereocenters. The highest BCUT2D eigenvalue weighted by Crippen LogP contribution is 2.26. The maximum absolute atomic E-state index is 12.7. The summed E-state index contributed by atoms with van der Waals surface area (Å²) >= 11 is 0. The molecule has 1 saturated heterocycles. The van der Waals surface area contributed by atoms with Gasteiger partial charge in [0, 0.05) is 44.8 Å².